The summed E-state index contributed by atoms with van der Waals surface area (Å²) in [5, 5.41) is 0.583. The number of aryl methyl sites for hydroxylation is 2. The second-order valence-electron chi connectivity index (χ2n) is 6.41. The molecule has 3 rings (SSSR count). The van der Waals surface area contributed by atoms with Crippen molar-refractivity contribution in [2.45, 2.75) is 26.9 Å². The van der Waals surface area contributed by atoms with Gasteiger partial charge < -0.3 is 19.2 Å². The zero-order valence-corrected chi connectivity index (χ0v) is 17.7. The van der Waals surface area contributed by atoms with Crippen LogP contribution < -0.4 is 15.0 Å². The normalized spacial score (nSPS) is 12.3. The van der Waals surface area contributed by atoms with Gasteiger partial charge in [-0.15, -0.1) is 11.3 Å². The highest BCUT2D eigenvalue weighted by Gasteiger charge is 2.17. The number of H-pyrrole nitrogens is 1. The molecule has 1 N–H and O–H groups in total. The van der Waals surface area contributed by atoms with Gasteiger partial charge in [0, 0.05) is 16.5 Å². The molecule has 0 aliphatic heterocycles. The highest BCUT2D eigenvalue weighted by molar-refractivity contribution is 7.18. The van der Waals surface area contributed by atoms with Crippen molar-refractivity contribution in [1.82, 2.24) is 9.97 Å². The second-order valence-corrected chi connectivity index (χ2v) is 7.61. The molecule has 1 atom stereocenters. The van der Waals surface area contributed by atoms with Gasteiger partial charge in [-0.05, 0) is 38.5 Å². The number of rotatable bonds is 6. The molecule has 0 fully saturated rings. The summed E-state index contributed by atoms with van der Waals surface area (Å²) < 4.78 is 16.0. The van der Waals surface area contributed by atoms with Crippen LogP contribution in [-0.4, -0.2) is 30.2 Å². The molecule has 3 aromatic rings. The van der Waals surface area contributed by atoms with E-state index in [1.54, 1.807) is 38.3 Å². The summed E-state index contributed by atoms with van der Waals surface area (Å²) in [6.07, 6.45) is 2.17. The van der Waals surface area contributed by atoms with Crippen LogP contribution in [0.15, 0.2) is 29.1 Å². The van der Waals surface area contributed by atoms with E-state index in [1.807, 2.05) is 13.8 Å². The highest BCUT2D eigenvalue weighted by atomic mass is 32.1. The number of carbonyl (C=O) groups excluding carboxylic acids is 1. The summed E-state index contributed by atoms with van der Waals surface area (Å²) in [6.45, 7) is 5.50. The topological polar surface area (TPSA) is 90.5 Å². The lowest BCUT2D eigenvalue weighted by atomic mass is 10.1. The number of hydrogen-bond donors (Lipinski definition) is 1. The number of fused-ring (bicyclic) bond motifs is 1. The van der Waals surface area contributed by atoms with Gasteiger partial charge in [0.25, 0.3) is 5.56 Å². The number of hydrogen-bond acceptors (Lipinski definition) is 7. The van der Waals surface area contributed by atoms with Crippen LogP contribution in [0.2, 0.25) is 0 Å². The number of carbonyl (C=O) groups is 1. The maximum Gasteiger partial charge on any atom is 0.331 e. The first-order chi connectivity index (χ1) is 13.8. The van der Waals surface area contributed by atoms with Gasteiger partial charge in [-0.25, -0.2) is 9.78 Å². The Hall–Kier alpha value is -3.13. The Morgan fingerprint density at radius 2 is 2.00 bits per heavy atom. The number of benzene rings is 1. The average Bonchev–Trinajstić information content (AvgIpc) is 2.99. The van der Waals surface area contributed by atoms with E-state index in [1.165, 1.54) is 24.5 Å². The third kappa shape index (κ3) is 4.17. The maximum atomic E-state index is 12.4. The molecule has 29 heavy (non-hydrogen) atoms. The first-order valence-corrected chi connectivity index (χ1v) is 9.77. The minimum atomic E-state index is -0.709. The van der Waals surface area contributed by atoms with E-state index in [9.17, 15) is 9.59 Å². The fraction of sp³-hybridized carbons (Fsp3) is 0.286. The Labute approximate surface area is 172 Å². The SMILES string of the molecule is COc1cccc(/C=C/C(=O)O[C@H](C)c2nc3sc(C)c(C)c3c(=O)[nH]2)c1OC. The number of esters is 1. The van der Waals surface area contributed by atoms with Crippen molar-refractivity contribution < 1.29 is 19.0 Å². The summed E-state index contributed by atoms with van der Waals surface area (Å²) >= 11 is 1.45. The first-order valence-electron chi connectivity index (χ1n) is 8.95. The molecular weight excluding hydrogens is 392 g/mol. The molecule has 0 unspecified atom stereocenters. The van der Waals surface area contributed by atoms with Crippen molar-refractivity contribution in [1.29, 1.82) is 0 Å². The van der Waals surface area contributed by atoms with E-state index < -0.39 is 12.1 Å². The van der Waals surface area contributed by atoms with Gasteiger partial charge in [-0.2, -0.15) is 0 Å². The number of aromatic amines is 1. The van der Waals surface area contributed by atoms with Crippen LogP contribution >= 0.6 is 11.3 Å². The van der Waals surface area contributed by atoms with E-state index >= 15 is 0 Å². The predicted molar refractivity (Wildman–Crippen MR) is 113 cm³/mol. The third-order valence-corrected chi connectivity index (χ3v) is 5.67. The number of thiophene rings is 1. The van der Waals surface area contributed by atoms with Crippen molar-refractivity contribution in [3.8, 4) is 11.5 Å². The van der Waals surface area contributed by atoms with Crippen LogP contribution in [0, 0.1) is 13.8 Å². The minimum Gasteiger partial charge on any atom is -0.493 e. The maximum absolute atomic E-state index is 12.4. The van der Waals surface area contributed by atoms with E-state index in [-0.39, 0.29) is 5.56 Å². The Morgan fingerprint density at radius 1 is 1.24 bits per heavy atom. The van der Waals surface area contributed by atoms with Gasteiger partial charge in [-0.3, -0.25) is 4.79 Å². The molecule has 0 saturated heterocycles. The van der Waals surface area contributed by atoms with Crippen LogP contribution in [0.25, 0.3) is 16.3 Å². The molecule has 0 aliphatic carbocycles. The number of nitrogens with one attached hydrogen (secondary N) is 1. The number of nitrogens with zero attached hydrogens (tertiary/aromatic N) is 1. The molecule has 0 saturated carbocycles. The lowest BCUT2D eigenvalue weighted by Gasteiger charge is -2.11. The largest absolute Gasteiger partial charge is 0.493 e. The summed E-state index contributed by atoms with van der Waals surface area (Å²) in [5.41, 5.74) is 1.37. The van der Waals surface area contributed by atoms with Crippen molar-refractivity contribution in [2.75, 3.05) is 14.2 Å². The molecule has 2 aromatic heterocycles. The minimum absolute atomic E-state index is 0.230. The fourth-order valence-electron chi connectivity index (χ4n) is 2.93. The summed E-state index contributed by atoms with van der Waals surface area (Å²) in [5.74, 6) is 0.827. The molecule has 8 heteroatoms. The molecule has 2 heterocycles. The fourth-order valence-corrected chi connectivity index (χ4v) is 3.97. The molecule has 0 spiro atoms. The molecular formula is C21H22N2O5S. The van der Waals surface area contributed by atoms with Crippen molar-refractivity contribution in [3.63, 3.8) is 0 Å². The number of para-hydroxylation sites is 1. The van der Waals surface area contributed by atoms with Crippen LogP contribution in [0.4, 0.5) is 0 Å². The quantitative estimate of drug-likeness (QED) is 0.485. The summed E-state index contributed by atoms with van der Waals surface area (Å²) in [7, 11) is 3.07. The van der Waals surface area contributed by atoms with Crippen LogP contribution in [0.3, 0.4) is 0 Å². The van der Waals surface area contributed by atoms with Crippen molar-refractivity contribution in [3.05, 3.63) is 56.5 Å². The number of aromatic nitrogens is 2. The molecule has 0 bridgehead atoms. The van der Waals surface area contributed by atoms with Crippen LogP contribution in [0.5, 0.6) is 11.5 Å². The van der Waals surface area contributed by atoms with Gasteiger partial charge in [0.2, 0.25) is 0 Å². The standard InChI is InChI=1S/C21H22N2O5S/c1-11-13(3)29-21-17(11)20(25)22-19(23-21)12(2)28-16(24)10-9-14-7-6-8-15(26-4)18(14)27-5/h6-10,12H,1-5H3,(H,22,23,25)/b10-9+/t12-/m1/s1. The molecule has 152 valence electrons. The summed E-state index contributed by atoms with van der Waals surface area (Å²) in [4.78, 5) is 33.5. The third-order valence-electron chi connectivity index (χ3n) is 4.57. The van der Waals surface area contributed by atoms with E-state index in [0.717, 1.165) is 10.4 Å². The summed E-state index contributed by atoms with van der Waals surface area (Å²) in [6, 6.07) is 5.36. The van der Waals surface area contributed by atoms with Gasteiger partial charge in [0.05, 0.1) is 19.6 Å². The molecule has 7 nitrogen and oxygen atoms in total. The van der Waals surface area contributed by atoms with Crippen LogP contribution in [0.1, 0.15) is 34.9 Å². The average molecular weight is 414 g/mol. The Balaban J connectivity index is 1.79. The monoisotopic (exact) mass is 414 g/mol. The van der Waals surface area contributed by atoms with Gasteiger partial charge in [0.15, 0.2) is 23.4 Å². The molecule has 0 aliphatic rings. The van der Waals surface area contributed by atoms with Gasteiger partial charge in [-0.1, -0.05) is 12.1 Å². The zero-order chi connectivity index (χ0) is 21.1. The van der Waals surface area contributed by atoms with E-state index in [2.05, 4.69) is 9.97 Å². The Bertz CT molecular complexity index is 1150. The highest BCUT2D eigenvalue weighted by Crippen LogP contribution is 2.31. The van der Waals surface area contributed by atoms with E-state index in [4.69, 9.17) is 14.2 Å². The van der Waals surface area contributed by atoms with Crippen molar-refractivity contribution >= 4 is 33.6 Å². The first kappa shape index (κ1) is 20.6. The molecule has 0 amide bonds. The smallest absolute Gasteiger partial charge is 0.331 e. The molecule has 0 radical (unpaired) electrons. The lowest BCUT2D eigenvalue weighted by molar-refractivity contribution is -0.142. The molecule has 1 aromatic carbocycles. The Morgan fingerprint density at radius 3 is 2.69 bits per heavy atom. The second kappa shape index (κ2) is 8.48. The number of methoxy groups -OCH3 is 2. The Kier molecular flexibility index (Phi) is 6.03. The van der Waals surface area contributed by atoms with Gasteiger partial charge >= 0.3 is 5.97 Å². The van der Waals surface area contributed by atoms with Crippen molar-refractivity contribution in [2.24, 2.45) is 0 Å². The lowest BCUT2D eigenvalue weighted by Crippen LogP contribution is -2.16. The zero-order valence-electron chi connectivity index (χ0n) is 16.9. The van der Waals surface area contributed by atoms with Gasteiger partial charge in [0.1, 0.15) is 4.83 Å². The van der Waals surface area contributed by atoms with E-state index in [0.29, 0.717) is 33.1 Å². The number of ether oxygens (including phenoxy) is 3. The predicted octanol–water partition coefficient (Wildman–Crippen LogP) is 3.94. The van der Waals surface area contributed by atoms with Crippen LogP contribution in [-0.2, 0) is 9.53 Å².